The summed E-state index contributed by atoms with van der Waals surface area (Å²) in [5.41, 5.74) is 4.88. The Balaban J connectivity index is 1.75. The summed E-state index contributed by atoms with van der Waals surface area (Å²) in [4.78, 5) is 4.83. The minimum Gasteiger partial charge on any atom is -0.306 e. The lowest BCUT2D eigenvalue weighted by atomic mass is 10.1. The summed E-state index contributed by atoms with van der Waals surface area (Å²) in [5, 5.41) is 4.22. The van der Waals surface area contributed by atoms with Gasteiger partial charge in [-0.3, -0.25) is 9.40 Å². The molecule has 8 heteroatoms. The van der Waals surface area contributed by atoms with Crippen LogP contribution in [0.1, 0.15) is 17.0 Å². The molecule has 0 bridgehead atoms. The molecule has 144 valence electrons. The van der Waals surface area contributed by atoms with Crippen LogP contribution < -0.4 is 4.72 Å². The zero-order chi connectivity index (χ0) is 20.1. The van der Waals surface area contributed by atoms with Gasteiger partial charge in [0.25, 0.3) is 10.0 Å². The molecule has 0 aliphatic carbocycles. The fraction of sp³-hybridized carbons (Fsp3) is 0.200. The number of nitrogens with zero attached hydrogens (tertiary/aromatic N) is 4. The molecule has 0 amide bonds. The summed E-state index contributed by atoms with van der Waals surface area (Å²) in [6.45, 7) is 5.31. The molecule has 28 heavy (non-hydrogen) atoms. The molecule has 4 aromatic rings. The van der Waals surface area contributed by atoms with Crippen LogP contribution in [0, 0.1) is 20.8 Å². The van der Waals surface area contributed by atoms with Crippen molar-refractivity contribution in [3.8, 4) is 11.3 Å². The number of aromatic nitrogens is 4. The van der Waals surface area contributed by atoms with Crippen LogP contribution in [0.2, 0.25) is 0 Å². The molecule has 0 saturated carbocycles. The molecule has 0 atom stereocenters. The predicted octanol–water partition coefficient (Wildman–Crippen LogP) is 3.46. The average molecular weight is 395 g/mol. The number of fused-ring (bicyclic) bond motifs is 1. The van der Waals surface area contributed by atoms with Crippen molar-refractivity contribution in [3.05, 3.63) is 65.7 Å². The first-order chi connectivity index (χ1) is 13.3. The van der Waals surface area contributed by atoms with Crippen molar-refractivity contribution in [1.29, 1.82) is 0 Å². The van der Waals surface area contributed by atoms with Crippen LogP contribution in [-0.2, 0) is 17.1 Å². The molecule has 4 rings (SSSR count). The average Bonchev–Trinajstić information content (AvgIpc) is 3.17. The largest absolute Gasteiger partial charge is 0.306 e. The van der Waals surface area contributed by atoms with Crippen LogP contribution in [0.3, 0.4) is 0 Å². The summed E-state index contributed by atoms with van der Waals surface area (Å²) in [5.74, 6) is 0. The number of hydrogen-bond acceptors (Lipinski definition) is 4. The highest BCUT2D eigenvalue weighted by Crippen LogP contribution is 2.28. The van der Waals surface area contributed by atoms with E-state index >= 15 is 0 Å². The van der Waals surface area contributed by atoms with Crippen molar-refractivity contribution in [2.24, 2.45) is 7.05 Å². The van der Waals surface area contributed by atoms with Crippen molar-refractivity contribution in [2.45, 2.75) is 25.7 Å². The lowest BCUT2D eigenvalue weighted by Crippen LogP contribution is -2.15. The molecular formula is C20H21N5O2S. The normalized spacial score (nSPS) is 11.9. The van der Waals surface area contributed by atoms with Gasteiger partial charge in [-0.15, -0.1) is 0 Å². The van der Waals surface area contributed by atoms with Crippen molar-refractivity contribution in [3.63, 3.8) is 0 Å². The molecule has 0 spiro atoms. The number of hydrogen-bond donors (Lipinski definition) is 1. The molecule has 1 aromatic carbocycles. The molecule has 0 aliphatic rings. The molecule has 7 nitrogen and oxygen atoms in total. The van der Waals surface area contributed by atoms with Gasteiger partial charge in [-0.2, -0.15) is 5.10 Å². The van der Waals surface area contributed by atoms with E-state index in [0.29, 0.717) is 17.1 Å². The highest BCUT2D eigenvalue weighted by Gasteiger charge is 2.24. The Morgan fingerprint density at radius 2 is 1.86 bits per heavy atom. The van der Waals surface area contributed by atoms with Gasteiger partial charge in [0, 0.05) is 25.0 Å². The van der Waals surface area contributed by atoms with E-state index in [-0.39, 0.29) is 4.90 Å². The third kappa shape index (κ3) is 3.05. The van der Waals surface area contributed by atoms with Gasteiger partial charge >= 0.3 is 0 Å². The molecule has 0 unspecified atom stereocenters. The molecule has 0 saturated heterocycles. The van der Waals surface area contributed by atoms with Gasteiger partial charge in [-0.25, -0.2) is 13.4 Å². The van der Waals surface area contributed by atoms with Crippen molar-refractivity contribution < 1.29 is 8.42 Å². The quantitative estimate of drug-likeness (QED) is 0.574. The Kier molecular flexibility index (Phi) is 4.23. The number of imidazole rings is 1. The second-order valence-electron chi connectivity index (χ2n) is 6.85. The second kappa shape index (κ2) is 6.49. The number of nitrogens with one attached hydrogen (secondary N) is 1. The van der Waals surface area contributed by atoms with Gasteiger partial charge in [-0.1, -0.05) is 18.2 Å². The number of sulfonamides is 1. The highest BCUT2D eigenvalue weighted by molar-refractivity contribution is 7.92. The monoisotopic (exact) mass is 395 g/mol. The SMILES string of the molecule is Cc1ccc(-c2cn3ccccc3n2)cc1NS(=O)(=O)c1c(C)nn(C)c1C. The van der Waals surface area contributed by atoms with E-state index in [1.165, 1.54) is 0 Å². The van der Waals surface area contributed by atoms with Crippen LogP contribution in [0.4, 0.5) is 5.69 Å². The topological polar surface area (TPSA) is 81.3 Å². The Morgan fingerprint density at radius 3 is 2.54 bits per heavy atom. The Morgan fingerprint density at radius 1 is 1.07 bits per heavy atom. The fourth-order valence-corrected chi connectivity index (χ4v) is 4.87. The summed E-state index contributed by atoms with van der Waals surface area (Å²) < 4.78 is 32.3. The number of pyridine rings is 1. The predicted molar refractivity (Wildman–Crippen MR) is 109 cm³/mol. The first-order valence-corrected chi connectivity index (χ1v) is 10.3. The smallest absolute Gasteiger partial charge is 0.265 e. The maximum absolute atomic E-state index is 13.0. The lowest BCUT2D eigenvalue weighted by molar-refractivity contribution is 0.599. The van der Waals surface area contributed by atoms with Gasteiger partial charge in [0.15, 0.2) is 0 Å². The molecule has 3 heterocycles. The van der Waals surface area contributed by atoms with Crippen LogP contribution in [0.15, 0.2) is 53.7 Å². The molecular weight excluding hydrogens is 374 g/mol. The van der Waals surface area contributed by atoms with Gasteiger partial charge < -0.3 is 4.40 Å². The first-order valence-electron chi connectivity index (χ1n) is 8.84. The van der Waals surface area contributed by atoms with E-state index in [2.05, 4.69) is 14.8 Å². The van der Waals surface area contributed by atoms with Gasteiger partial charge in [0.2, 0.25) is 0 Å². The van der Waals surface area contributed by atoms with Crippen molar-refractivity contribution in [1.82, 2.24) is 19.2 Å². The first kappa shape index (κ1) is 18.2. The van der Waals surface area contributed by atoms with Crippen LogP contribution >= 0.6 is 0 Å². The zero-order valence-electron chi connectivity index (χ0n) is 16.1. The number of anilines is 1. The summed E-state index contributed by atoms with van der Waals surface area (Å²) in [7, 11) is -2.03. The van der Waals surface area contributed by atoms with Gasteiger partial charge in [0.1, 0.15) is 10.5 Å². The highest BCUT2D eigenvalue weighted by atomic mass is 32.2. The summed E-state index contributed by atoms with van der Waals surface area (Å²) in [6.07, 6.45) is 3.85. The number of benzene rings is 1. The maximum Gasteiger partial charge on any atom is 0.265 e. The zero-order valence-corrected chi connectivity index (χ0v) is 16.9. The molecule has 0 aliphatic heterocycles. The van der Waals surface area contributed by atoms with E-state index in [1.807, 2.05) is 60.1 Å². The van der Waals surface area contributed by atoms with Gasteiger partial charge in [-0.05, 0) is 44.5 Å². The summed E-state index contributed by atoms with van der Waals surface area (Å²) in [6, 6.07) is 11.4. The minimum absolute atomic E-state index is 0.215. The molecule has 0 fully saturated rings. The standard InChI is InChI=1S/C20H21N5O2S/c1-13-8-9-16(18-12-25-10-6-5-7-19(25)21-18)11-17(13)23-28(26,27)20-14(2)22-24(4)15(20)3/h5-12,23H,1-4H3. The van der Waals surface area contributed by atoms with Crippen LogP contribution in [0.5, 0.6) is 0 Å². The Bertz CT molecular complexity index is 1270. The Labute approximate surface area is 163 Å². The third-order valence-corrected chi connectivity index (χ3v) is 6.47. The van der Waals surface area contributed by atoms with E-state index in [9.17, 15) is 8.42 Å². The Hall–Kier alpha value is -3.13. The van der Waals surface area contributed by atoms with E-state index in [4.69, 9.17) is 0 Å². The molecule has 0 radical (unpaired) electrons. The maximum atomic E-state index is 13.0. The van der Waals surface area contributed by atoms with Crippen LogP contribution in [-0.4, -0.2) is 27.6 Å². The summed E-state index contributed by atoms with van der Waals surface area (Å²) >= 11 is 0. The van der Waals surface area contributed by atoms with E-state index in [0.717, 1.165) is 22.5 Å². The molecule has 3 aromatic heterocycles. The van der Waals surface area contributed by atoms with Crippen molar-refractivity contribution >= 4 is 21.4 Å². The molecule has 1 N–H and O–H groups in total. The third-order valence-electron chi connectivity index (χ3n) is 4.85. The fourth-order valence-electron chi connectivity index (χ4n) is 3.30. The lowest BCUT2D eigenvalue weighted by Gasteiger charge is -2.12. The van der Waals surface area contributed by atoms with E-state index in [1.54, 1.807) is 25.6 Å². The van der Waals surface area contributed by atoms with Crippen LogP contribution in [0.25, 0.3) is 16.9 Å². The van der Waals surface area contributed by atoms with Gasteiger partial charge in [0.05, 0.1) is 22.8 Å². The second-order valence-corrected chi connectivity index (χ2v) is 8.47. The minimum atomic E-state index is -3.76. The number of rotatable bonds is 4. The van der Waals surface area contributed by atoms with E-state index < -0.39 is 10.0 Å². The van der Waals surface area contributed by atoms with Crippen molar-refractivity contribution in [2.75, 3.05) is 4.72 Å². The number of aryl methyl sites for hydroxylation is 3.